The Balaban J connectivity index is 2.80. The van der Waals surface area contributed by atoms with Gasteiger partial charge in [-0.15, -0.1) is 0 Å². The SMILES string of the molecule is CCOC(=O)[C@@H](CC)Oc1cc(C)ccc1Cl. The first-order valence-corrected chi connectivity index (χ1v) is 6.05. The van der Waals surface area contributed by atoms with Gasteiger partial charge in [0.15, 0.2) is 6.10 Å². The summed E-state index contributed by atoms with van der Waals surface area (Å²) in [4.78, 5) is 11.6. The number of carbonyl (C=O) groups is 1. The van der Waals surface area contributed by atoms with Crippen molar-refractivity contribution in [3.8, 4) is 5.75 Å². The zero-order valence-corrected chi connectivity index (χ0v) is 11.1. The van der Waals surface area contributed by atoms with Gasteiger partial charge in [0.2, 0.25) is 0 Å². The first kappa shape index (κ1) is 13.8. The fourth-order valence-electron chi connectivity index (χ4n) is 1.39. The minimum Gasteiger partial charge on any atom is -0.477 e. The molecule has 0 saturated carbocycles. The Hall–Kier alpha value is -1.22. The fourth-order valence-corrected chi connectivity index (χ4v) is 1.55. The Kier molecular flexibility index (Phi) is 5.29. The summed E-state index contributed by atoms with van der Waals surface area (Å²) in [5, 5.41) is 0.498. The average molecular weight is 257 g/mol. The minimum atomic E-state index is -0.603. The van der Waals surface area contributed by atoms with E-state index in [0.717, 1.165) is 5.56 Å². The first-order valence-electron chi connectivity index (χ1n) is 5.67. The van der Waals surface area contributed by atoms with Gasteiger partial charge in [0.1, 0.15) is 5.75 Å². The lowest BCUT2D eigenvalue weighted by Gasteiger charge is -2.17. The molecule has 0 bridgehead atoms. The van der Waals surface area contributed by atoms with E-state index in [9.17, 15) is 4.79 Å². The maximum absolute atomic E-state index is 11.6. The predicted octanol–water partition coefficient (Wildman–Crippen LogP) is 3.37. The van der Waals surface area contributed by atoms with Gasteiger partial charge in [-0.25, -0.2) is 4.79 Å². The van der Waals surface area contributed by atoms with Crippen LogP contribution in [0.25, 0.3) is 0 Å². The van der Waals surface area contributed by atoms with E-state index in [0.29, 0.717) is 23.8 Å². The summed E-state index contributed by atoms with van der Waals surface area (Å²) in [5.41, 5.74) is 1.03. The van der Waals surface area contributed by atoms with Crippen molar-refractivity contribution < 1.29 is 14.3 Å². The second-order valence-electron chi connectivity index (χ2n) is 3.70. The Labute approximate surface area is 107 Å². The van der Waals surface area contributed by atoms with Crippen LogP contribution in [0, 0.1) is 6.92 Å². The molecular formula is C13H17ClO3. The summed E-state index contributed by atoms with van der Waals surface area (Å²) in [6.07, 6.45) is -0.0578. The van der Waals surface area contributed by atoms with Gasteiger partial charge in [-0.2, -0.15) is 0 Å². The van der Waals surface area contributed by atoms with Crippen molar-refractivity contribution >= 4 is 17.6 Å². The lowest BCUT2D eigenvalue weighted by Crippen LogP contribution is -2.28. The van der Waals surface area contributed by atoms with Crippen molar-refractivity contribution in [2.45, 2.75) is 33.3 Å². The Bertz CT molecular complexity index is 390. The molecule has 0 aliphatic rings. The van der Waals surface area contributed by atoms with Gasteiger partial charge < -0.3 is 9.47 Å². The van der Waals surface area contributed by atoms with Crippen LogP contribution in [0.3, 0.4) is 0 Å². The van der Waals surface area contributed by atoms with E-state index in [1.165, 1.54) is 0 Å². The van der Waals surface area contributed by atoms with Crippen LogP contribution >= 0.6 is 11.6 Å². The molecule has 0 heterocycles. The molecule has 4 heteroatoms. The van der Waals surface area contributed by atoms with Crippen LogP contribution in [-0.2, 0) is 9.53 Å². The normalized spacial score (nSPS) is 12.0. The average Bonchev–Trinajstić information content (AvgIpc) is 2.30. The number of esters is 1. The summed E-state index contributed by atoms with van der Waals surface area (Å²) in [6, 6.07) is 5.45. The summed E-state index contributed by atoms with van der Waals surface area (Å²) in [7, 11) is 0. The highest BCUT2D eigenvalue weighted by atomic mass is 35.5. The first-order chi connectivity index (χ1) is 8.08. The number of benzene rings is 1. The van der Waals surface area contributed by atoms with Crippen LogP contribution in [0.15, 0.2) is 18.2 Å². The summed E-state index contributed by atoms with van der Waals surface area (Å²) < 4.78 is 10.5. The molecule has 0 radical (unpaired) electrons. The zero-order chi connectivity index (χ0) is 12.8. The van der Waals surface area contributed by atoms with Crippen molar-refractivity contribution in [3.63, 3.8) is 0 Å². The lowest BCUT2D eigenvalue weighted by molar-refractivity contribution is -0.151. The van der Waals surface area contributed by atoms with Crippen molar-refractivity contribution in [1.29, 1.82) is 0 Å². The molecule has 1 rings (SSSR count). The number of hydrogen-bond acceptors (Lipinski definition) is 3. The highest BCUT2D eigenvalue weighted by molar-refractivity contribution is 6.32. The van der Waals surface area contributed by atoms with Crippen molar-refractivity contribution in [1.82, 2.24) is 0 Å². The second-order valence-corrected chi connectivity index (χ2v) is 4.11. The maximum Gasteiger partial charge on any atom is 0.347 e. The van der Waals surface area contributed by atoms with E-state index in [1.54, 1.807) is 13.0 Å². The van der Waals surface area contributed by atoms with Gasteiger partial charge in [-0.1, -0.05) is 24.6 Å². The van der Waals surface area contributed by atoms with Crippen LogP contribution in [0.1, 0.15) is 25.8 Å². The van der Waals surface area contributed by atoms with E-state index < -0.39 is 6.10 Å². The van der Waals surface area contributed by atoms with E-state index in [4.69, 9.17) is 21.1 Å². The molecule has 0 amide bonds. The third-order valence-corrected chi connectivity index (χ3v) is 2.59. The molecule has 17 heavy (non-hydrogen) atoms. The third-order valence-electron chi connectivity index (χ3n) is 2.28. The molecule has 0 unspecified atom stereocenters. The predicted molar refractivity (Wildman–Crippen MR) is 67.5 cm³/mol. The molecular weight excluding hydrogens is 240 g/mol. The lowest BCUT2D eigenvalue weighted by atomic mass is 10.2. The largest absolute Gasteiger partial charge is 0.477 e. The molecule has 1 atom stereocenters. The quantitative estimate of drug-likeness (QED) is 0.758. The summed E-state index contributed by atoms with van der Waals surface area (Å²) >= 11 is 6.00. The molecule has 0 aromatic heterocycles. The minimum absolute atomic E-state index is 0.347. The molecule has 0 fully saturated rings. The number of hydrogen-bond donors (Lipinski definition) is 0. The van der Waals surface area contributed by atoms with Crippen molar-refractivity contribution in [2.24, 2.45) is 0 Å². The van der Waals surface area contributed by atoms with Gasteiger partial charge in [0.05, 0.1) is 11.6 Å². The number of carbonyl (C=O) groups excluding carboxylic acids is 1. The molecule has 0 spiro atoms. The summed E-state index contributed by atoms with van der Waals surface area (Å²) in [5.74, 6) is 0.166. The monoisotopic (exact) mass is 256 g/mol. The Morgan fingerprint density at radius 1 is 1.41 bits per heavy atom. The number of ether oxygens (including phenoxy) is 2. The maximum atomic E-state index is 11.6. The highest BCUT2D eigenvalue weighted by Gasteiger charge is 2.20. The third kappa shape index (κ3) is 3.93. The highest BCUT2D eigenvalue weighted by Crippen LogP contribution is 2.26. The number of rotatable bonds is 5. The van der Waals surface area contributed by atoms with Gasteiger partial charge in [0, 0.05) is 0 Å². The van der Waals surface area contributed by atoms with Crippen LogP contribution in [-0.4, -0.2) is 18.7 Å². The van der Waals surface area contributed by atoms with E-state index in [-0.39, 0.29) is 5.97 Å². The molecule has 3 nitrogen and oxygen atoms in total. The zero-order valence-electron chi connectivity index (χ0n) is 10.3. The molecule has 0 saturated heterocycles. The van der Waals surface area contributed by atoms with Crippen molar-refractivity contribution in [3.05, 3.63) is 28.8 Å². The van der Waals surface area contributed by atoms with Gasteiger partial charge in [0.25, 0.3) is 0 Å². The molecule has 1 aromatic rings. The molecule has 0 aliphatic carbocycles. The van der Waals surface area contributed by atoms with Crippen LogP contribution < -0.4 is 4.74 Å². The van der Waals surface area contributed by atoms with Crippen LogP contribution in [0.2, 0.25) is 5.02 Å². The Morgan fingerprint density at radius 3 is 2.71 bits per heavy atom. The topological polar surface area (TPSA) is 35.5 Å². The van der Waals surface area contributed by atoms with Crippen LogP contribution in [0.4, 0.5) is 0 Å². The molecule has 94 valence electrons. The smallest absolute Gasteiger partial charge is 0.347 e. The molecule has 0 N–H and O–H groups in total. The van der Waals surface area contributed by atoms with Gasteiger partial charge in [-0.3, -0.25) is 0 Å². The summed E-state index contributed by atoms with van der Waals surface area (Å²) in [6.45, 7) is 5.92. The van der Waals surface area contributed by atoms with E-state index in [1.807, 2.05) is 26.0 Å². The van der Waals surface area contributed by atoms with Crippen LogP contribution in [0.5, 0.6) is 5.75 Å². The van der Waals surface area contributed by atoms with E-state index >= 15 is 0 Å². The second kappa shape index (κ2) is 6.50. The fraction of sp³-hybridized carbons (Fsp3) is 0.462. The molecule has 0 aliphatic heterocycles. The standard InChI is InChI=1S/C13H17ClO3/c1-4-11(13(15)16-5-2)17-12-8-9(3)6-7-10(12)14/h6-8,11H,4-5H2,1-3H3/t11-/m1/s1. The number of aryl methyl sites for hydroxylation is 1. The van der Waals surface area contributed by atoms with Gasteiger partial charge in [-0.05, 0) is 38.0 Å². The number of halogens is 1. The van der Waals surface area contributed by atoms with Gasteiger partial charge >= 0.3 is 5.97 Å². The molecule has 1 aromatic carbocycles. The van der Waals surface area contributed by atoms with Crippen molar-refractivity contribution in [2.75, 3.05) is 6.61 Å². The van der Waals surface area contributed by atoms with E-state index in [2.05, 4.69) is 0 Å². The Morgan fingerprint density at radius 2 is 2.12 bits per heavy atom.